The van der Waals surface area contributed by atoms with Crippen molar-refractivity contribution in [3.05, 3.63) is 145 Å². The summed E-state index contributed by atoms with van der Waals surface area (Å²) in [5, 5.41) is 49.4. The number of benzene rings is 6. The zero-order chi connectivity index (χ0) is 41.9. The molecule has 0 saturated heterocycles. The van der Waals surface area contributed by atoms with Gasteiger partial charge in [0.05, 0.1) is 0 Å². The largest absolute Gasteiger partial charge is 0.507 e. The lowest BCUT2D eigenvalue weighted by molar-refractivity contribution is -0.139. The van der Waals surface area contributed by atoms with E-state index in [4.69, 9.17) is 10.2 Å². The molecule has 0 aliphatic carbocycles. The van der Waals surface area contributed by atoms with Gasteiger partial charge in [-0.05, 0) is 96.4 Å². The van der Waals surface area contributed by atoms with E-state index in [9.17, 15) is 19.8 Å². The fraction of sp³-hybridized carbons (Fsp3) is 0.320. The van der Waals surface area contributed by atoms with E-state index in [0.29, 0.717) is 11.1 Å². The van der Waals surface area contributed by atoms with E-state index in [-0.39, 0.29) is 75.3 Å². The molecule has 6 aromatic carbocycles. The molecule has 0 spiro atoms. The summed E-state index contributed by atoms with van der Waals surface area (Å²) >= 11 is 0. The zero-order valence-electron chi connectivity index (χ0n) is 35.3. The molecule has 0 bridgehead atoms. The average molecular weight is 853 g/mol. The SMILES string of the molecule is CCC[C@H](CN[C@@H](C)c1ccccc1)CC(=O)O.CCC[C@H](CN[C@@H](C)c1ccccc1)CC(=O)O.Oc1ccc2ccccc2c1-c1c(O)ccc2ccccc12.S.S. The highest BCUT2D eigenvalue weighted by Crippen LogP contribution is 2.44. The van der Waals surface area contributed by atoms with Gasteiger partial charge in [0.25, 0.3) is 0 Å². The number of fused-ring (bicyclic) bond motifs is 2. The van der Waals surface area contributed by atoms with Gasteiger partial charge in [-0.3, -0.25) is 9.59 Å². The average Bonchev–Trinajstić information content (AvgIpc) is 3.23. The normalized spacial score (nSPS) is 12.5. The Labute approximate surface area is 370 Å². The third-order valence-corrected chi connectivity index (χ3v) is 10.4. The number of rotatable bonds is 17. The summed E-state index contributed by atoms with van der Waals surface area (Å²) in [7, 11) is 0. The third-order valence-electron chi connectivity index (χ3n) is 10.4. The van der Waals surface area contributed by atoms with Crippen LogP contribution in [0.15, 0.2) is 133 Å². The monoisotopic (exact) mass is 852 g/mol. The molecule has 0 aliphatic rings. The number of carboxylic acids is 2. The molecule has 0 unspecified atom stereocenters. The van der Waals surface area contributed by atoms with Crippen molar-refractivity contribution in [3.8, 4) is 22.6 Å². The van der Waals surface area contributed by atoms with Crippen LogP contribution in [0.1, 0.15) is 89.4 Å². The predicted octanol–water partition coefficient (Wildman–Crippen LogP) is 11.8. The standard InChI is InChI=1S/C20H14O2.2C15H23NO2.2H2S/c21-17-11-9-13-5-1-3-7-15(13)19(17)20-16-8-4-2-6-14(16)10-12-18(20)22;2*1-3-7-13(10-15(17)18)11-16-12(2)14-8-5-4-6-9-14;;/h1-12,21-22H;2*4-6,8-9,12-13,16H,3,7,10-11H2,1-2H3,(H,17,18);2*1H2/t;2*12-,13-;;/m.00../s1. The minimum Gasteiger partial charge on any atom is -0.507 e. The second-order valence-electron chi connectivity index (χ2n) is 14.9. The molecule has 10 heteroatoms. The molecule has 0 amide bonds. The molecule has 0 aliphatic heterocycles. The van der Waals surface area contributed by atoms with E-state index in [2.05, 4.69) is 62.6 Å². The number of carbonyl (C=O) groups is 2. The van der Waals surface area contributed by atoms with Crippen molar-refractivity contribution in [2.24, 2.45) is 11.8 Å². The van der Waals surface area contributed by atoms with Gasteiger partial charge in [-0.25, -0.2) is 0 Å². The minimum absolute atomic E-state index is 0. The van der Waals surface area contributed by atoms with E-state index in [1.807, 2.05) is 97.1 Å². The van der Waals surface area contributed by atoms with Crippen LogP contribution in [-0.2, 0) is 9.59 Å². The molecule has 322 valence electrons. The van der Waals surface area contributed by atoms with E-state index in [1.54, 1.807) is 12.1 Å². The molecule has 0 heterocycles. The van der Waals surface area contributed by atoms with Crippen LogP contribution in [0.2, 0.25) is 0 Å². The molecule has 6 aromatic rings. The fourth-order valence-corrected chi connectivity index (χ4v) is 7.31. The van der Waals surface area contributed by atoms with Crippen molar-refractivity contribution in [3.63, 3.8) is 0 Å². The second-order valence-corrected chi connectivity index (χ2v) is 14.9. The maximum Gasteiger partial charge on any atom is 0.303 e. The van der Waals surface area contributed by atoms with Gasteiger partial charge in [-0.2, -0.15) is 27.0 Å². The predicted molar refractivity (Wildman–Crippen MR) is 258 cm³/mol. The number of nitrogens with one attached hydrogen (secondary N) is 2. The van der Waals surface area contributed by atoms with Crippen LogP contribution < -0.4 is 10.6 Å². The summed E-state index contributed by atoms with van der Waals surface area (Å²) in [6.45, 7) is 9.93. The van der Waals surface area contributed by atoms with Crippen LogP contribution in [0.3, 0.4) is 0 Å². The number of aliphatic carboxylic acids is 2. The first kappa shape index (κ1) is 51.1. The summed E-state index contributed by atoms with van der Waals surface area (Å²) in [5.74, 6) is -0.627. The Kier molecular flexibility index (Phi) is 23.0. The van der Waals surface area contributed by atoms with Crippen LogP contribution >= 0.6 is 27.0 Å². The van der Waals surface area contributed by atoms with Crippen molar-refractivity contribution in [1.29, 1.82) is 0 Å². The molecular formula is C50H64N2O6S2. The van der Waals surface area contributed by atoms with Crippen molar-refractivity contribution in [1.82, 2.24) is 10.6 Å². The van der Waals surface area contributed by atoms with Crippen LogP contribution in [0, 0.1) is 11.8 Å². The fourth-order valence-electron chi connectivity index (χ4n) is 7.31. The van der Waals surface area contributed by atoms with Gasteiger partial charge >= 0.3 is 11.9 Å². The van der Waals surface area contributed by atoms with Gasteiger partial charge in [0.15, 0.2) is 0 Å². The topological polar surface area (TPSA) is 139 Å². The molecule has 4 atom stereocenters. The highest BCUT2D eigenvalue weighted by Gasteiger charge is 2.17. The summed E-state index contributed by atoms with van der Waals surface area (Å²) in [6, 6.07) is 43.8. The molecule has 0 saturated carbocycles. The Morgan fingerprint density at radius 3 is 1.17 bits per heavy atom. The van der Waals surface area contributed by atoms with Crippen molar-refractivity contribution in [2.75, 3.05) is 13.1 Å². The molecule has 0 radical (unpaired) electrons. The van der Waals surface area contributed by atoms with E-state index in [1.165, 1.54) is 11.1 Å². The first-order valence-electron chi connectivity index (χ1n) is 20.4. The Bertz CT molecular complexity index is 2010. The maximum absolute atomic E-state index is 10.8. The first-order valence-corrected chi connectivity index (χ1v) is 20.4. The lowest BCUT2D eigenvalue weighted by Crippen LogP contribution is -2.27. The van der Waals surface area contributed by atoms with Gasteiger partial charge in [-0.1, -0.05) is 148 Å². The smallest absolute Gasteiger partial charge is 0.303 e. The van der Waals surface area contributed by atoms with Gasteiger partial charge in [0.1, 0.15) is 11.5 Å². The summed E-state index contributed by atoms with van der Waals surface area (Å²) in [5.41, 5.74) is 3.82. The molecule has 60 heavy (non-hydrogen) atoms. The van der Waals surface area contributed by atoms with Crippen LogP contribution in [0.4, 0.5) is 0 Å². The van der Waals surface area contributed by atoms with Gasteiger partial charge < -0.3 is 31.1 Å². The van der Waals surface area contributed by atoms with E-state index >= 15 is 0 Å². The number of phenols is 2. The van der Waals surface area contributed by atoms with Crippen molar-refractivity contribution in [2.45, 2.75) is 78.3 Å². The molecule has 0 aromatic heterocycles. The van der Waals surface area contributed by atoms with Crippen LogP contribution in [-0.4, -0.2) is 45.5 Å². The second kappa shape index (κ2) is 27.0. The number of carboxylic acid groups (broad SMARTS) is 2. The number of phenolic OH excluding ortho intramolecular Hbond substituents is 2. The molecular weight excluding hydrogens is 789 g/mol. The van der Waals surface area contributed by atoms with Crippen molar-refractivity contribution < 1.29 is 30.0 Å². The molecule has 6 N–H and O–H groups in total. The molecule has 8 nitrogen and oxygen atoms in total. The van der Waals surface area contributed by atoms with Crippen molar-refractivity contribution >= 4 is 60.5 Å². The van der Waals surface area contributed by atoms with Gasteiger partial charge in [0.2, 0.25) is 0 Å². The van der Waals surface area contributed by atoms with Crippen LogP contribution in [0.25, 0.3) is 32.7 Å². The van der Waals surface area contributed by atoms with E-state index in [0.717, 1.165) is 60.3 Å². The lowest BCUT2D eigenvalue weighted by Gasteiger charge is -2.19. The number of aromatic hydroxyl groups is 2. The quantitative estimate of drug-likeness (QED) is 0.0533. The Hall–Kier alpha value is -5.00. The molecule has 6 rings (SSSR count). The Balaban J connectivity index is 0.000000308. The summed E-state index contributed by atoms with van der Waals surface area (Å²) in [4.78, 5) is 21.5. The summed E-state index contributed by atoms with van der Waals surface area (Å²) < 4.78 is 0. The third kappa shape index (κ3) is 15.9. The summed E-state index contributed by atoms with van der Waals surface area (Å²) in [6.07, 6.45) is 4.48. The molecule has 0 fully saturated rings. The maximum atomic E-state index is 10.8. The van der Waals surface area contributed by atoms with E-state index < -0.39 is 11.9 Å². The Morgan fingerprint density at radius 1 is 0.500 bits per heavy atom. The lowest BCUT2D eigenvalue weighted by atomic mass is 9.92. The number of hydrogen-bond donors (Lipinski definition) is 6. The Morgan fingerprint density at radius 2 is 0.833 bits per heavy atom. The first-order chi connectivity index (χ1) is 28.0. The highest BCUT2D eigenvalue weighted by atomic mass is 32.1. The van der Waals surface area contributed by atoms with Gasteiger partial charge in [-0.15, -0.1) is 0 Å². The number of hydrogen-bond acceptors (Lipinski definition) is 6. The highest BCUT2D eigenvalue weighted by molar-refractivity contribution is 7.59. The van der Waals surface area contributed by atoms with Crippen LogP contribution in [0.5, 0.6) is 11.5 Å². The zero-order valence-corrected chi connectivity index (χ0v) is 37.3. The minimum atomic E-state index is -0.706. The van der Waals surface area contributed by atoms with Gasteiger partial charge in [0, 0.05) is 36.1 Å².